The molecule has 0 bridgehead atoms. The monoisotopic (exact) mass is 382 g/mol. The fourth-order valence-electron chi connectivity index (χ4n) is 3.19. The summed E-state index contributed by atoms with van der Waals surface area (Å²) in [4.78, 5) is 10.2. The number of halogens is 2. The molecule has 1 aromatic carbocycles. The van der Waals surface area contributed by atoms with Crippen molar-refractivity contribution >= 4 is 17.0 Å². The zero-order chi connectivity index (χ0) is 19.8. The summed E-state index contributed by atoms with van der Waals surface area (Å²) in [6, 6.07) is 7.72. The molecule has 4 rings (SSSR count). The highest BCUT2D eigenvalue weighted by Gasteiger charge is 2.26. The third-order valence-corrected chi connectivity index (χ3v) is 4.51. The molecule has 9 heteroatoms. The summed E-state index contributed by atoms with van der Waals surface area (Å²) in [5.41, 5.74) is 13.7. The number of fused-ring (bicyclic) bond motifs is 1. The molecule has 3 heterocycles. The van der Waals surface area contributed by atoms with Crippen LogP contribution in [0.2, 0.25) is 0 Å². The molecule has 0 spiro atoms. The van der Waals surface area contributed by atoms with Crippen LogP contribution in [0, 0.1) is 17.7 Å². The van der Waals surface area contributed by atoms with Gasteiger partial charge in [0.05, 0.1) is 17.4 Å². The molecule has 1 aliphatic rings. The second-order valence-corrected chi connectivity index (χ2v) is 6.32. The minimum absolute atomic E-state index is 0.121. The maximum Gasteiger partial charge on any atom is 0.230 e. The van der Waals surface area contributed by atoms with Gasteiger partial charge in [0, 0.05) is 25.1 Å². The quantitative estimate of drug-likeness (QED) is 0.719. The average molecular weight is 382 g/mol. The molecule has 0 saturated carbocycles. The first-order valence-corrected chi connectivity index (χ1v) is 8.74. The lowest BCUT2D eigenvalue weighted by atomic mass is 10.1. The van der Waals surface area contributed by atoms with E-state index in [0.29, 0.717) is 34.8 Å². The van der Waals surface area contributed by atoms with Crippen LogP contribution in [0.3, 0.4) is 0 Å². The molecule has 1 aliphatic heterocycles. The van der Waals surface area contributed by atoms with Crippen LogP contribution < -0.4 is 11.5 Å². The summed E-state index contributed by atoms with van der Waals surface area (Å²) in [5.74, 6) is -0.412. The normalized spacial score (nSPS) is 17.0. The lowest BCUT2D eigenvalue weighted by molar-refractivity contribution is 0.352. The van der Waals surface area contributed by atoms with Gasteiger partial charge < -0.3 is 16.4 Å². The first-order valence-electron chi connectivity index (χ1n) is 8.74. The third kappa shape index (κ3) is 3.09. The first-order chi connectivity index (χ1) is 13.5. The van der Waals surface area contributed by atoms with Crippen molar-refractivity contribution in [1.82, 2.24) is 19.7 Å². The van der Waals surface area contributed by atoms with E-state index in [1.165, 1.54) is 16.8 Å². The predicted molar refractivity (Wildman–Crippen MR) is 101 cm³/mol. The van der Waals surface area contributed by atoms with Gasteiger partial charge in [-0.3, -0.25) is 0 Å². The summed E-state index contributed by atoms with van der Waals surface area (Å²) in [5, 5.41) is 4.55. The molecule has 1 radical (unpaired) electrons. The Morgan fingerprint density at radius 1 is 1.25 bits per heavy atom. The summed E-state index contributed by atoms with van der Waals surface area (Å²) >= 11 is 0. The molecule has 4 N–H and O–H groups in total. The Hall–Kier alpha value is -3.33. The van der Waals surface area contributed by atoms with E-state index in [0.717, 1.165) is 6.20 Å². The van der Waals surface area contributed by atoms with Crippen LogP contribution in [0.25, 0.3) is 11.0 Å². The molecular weight excluding hydrogens is 364 g/mol. The van der Waals surface area contributed by atoms with E-state index in [2.05, 4.69) is 21.2 Å². The molecule has 1 unspecified atom stereocenters. The summed E-state index contributed by atoms with van der Waals surface area (Å²) < 4.78 is 29.5. The highest BCUT2D eigenvalue weighted by molar-refractivity contribution is 5.93. The predicted octanol–water partition coefficient (Wildman–Crippen LogP) is 1.73. The summed E-state index contributed by atoms with van der Waals surface area (Å²) in [6.07, 6.45) is 3.50. The fourth-order valence-corrected chi connectivity index (χ4v) is 3.19. The molecule has 1 atom stereocenters. The van der Waals surface area contributed by atoms with Crippen molar-refractivity contribution < 1.29 is 8.78 Å². The van der Waals surface area contributed by atoms with Gasteiger partial charge in [-0.2, -0.15) is 14.8 Å². The van der Waals surface area contributed by atoms with Gasteiger partial charge >= 0.3 is 0 Å². The number of aliphatic imine (C=N–C) groups is 1. The smallest absolute Gasteiger partial charge is 0.230 e. The number of nitrogens with zero attached hydrogens (tertiary/aromatic N) is 5. The minimum Gasteiger partial charge on any atom is -0.383 e. The largest absolute Gasteiger partial charge is 0.383 e. The molecular formula is C19H18F2N7. The topological polar surface area (TPSA) is 98.3 Å². The van der Waals surface area contributed by atoms with E-state index >= 15 is 0 Å². The van der Waals surface area contributed by atoms with Crippen molar-refractivity contribution in [3.05, 3.63) is 71.3 Å². The number of hydrogen-bond donors (Lipinski definition) is 2. The van der Waals surface area contributed by atoms with Crippen LogP contribution in [0.4, 0.5) is 8.78 Å². The van der Waals surface area contributed by atoms with Crippen molar-refractivity contribution in [1.29, 1.82) is 0 Å². The maximum absolute atomic E-state index is 14.1. The van der Waals surface area contributed by atoms with E-state index in [1.54, 1.807) is 23.1 Å². The number of aromatic nitrogens is 3. The van der Waals surface area contributed by atoms with Crippen molar-refractivity contribution in [2.75, 3.05) is 6.54 Å². The Kier molecular flexibility index (Phi) is 4.52. The van der Waals surface area contributed by atoms with Crippen LogP contribution >= 0.6 is 0 Å². The average Bonchev–Trinajstić information content (AvgIpc) is 3.00. The van der Waals surface area contributed by atoms with Crippen LogP contribution in [0.15, 0.2) is 47.3 Å². The van der Waals surface area contributed by atoms with Gasteiger partial charge in [0.15, 0.2) is 0 Å². The molecule has 7 nitrogen and oxygen atoms in total. The van der Waals surface area contributed by atoms with E-state index < -0.39 is 12.0 Å². The number of likely N-dealkylation sites (N-methyl/N-ethyl adjacent to an activating group) is 1. The Morgan fingerprint density at radius 2 is 2.04 bits per heavy atom. The van der Waals surface area contributed by atoms with Crippen molar-refractivity contribution in [3.8, 4) is 0 Å². The van der Waals surface area contributed by atoms with E-state index in [1.807, 2.05) is 6.92 Å². The van der Waals surface area contributed by atoms with Crippen molar-refractivity contribution in [2.24, 2.45) is 16.5 Å². The van der Waals surface area contributed by atoms with Gasteiger partial charge in [0.25, 0.3) is 0 Å². The molecule has 0 aliphatic carbocycles. The van der Waals surface area contributed by atoms with Gasteiger partial charge in [0.1, 0.15) is 29.1 Å². The number of benzene rings is 1. The third-order valence-electron chi connectivity index (χ3n) is 4.51. The van der Waals surface area contributed by atoms with Crippen molar-refractivity contribution in [2.45, 2.75) is 19.5 Å². The van der Waals surface area contributed by atoms with Crippen LogP contribution in [-0.4, -0.2) is 38.3 Å². The Bertz CT molecular complexity index is 1100. The zero-order valence-corrected chi connectivity index (χ0v) is 15.1. The van der Waals surface area contributed by atoms with Crippen LogP contribution in [0.5, 0.6) is 0 Å². The standard InChI is InChI=1S/C19H18F2N7/c1-2-27-17(23)9-16(22)25-19(27)28-15-8-12(20)10-24-18(15)14(26-28)7-11-5-3-4-6-13(11)21/h3-6,8,10,17H,2,7,22-23H2,1H3. The maximum atomic E-state index is 14.1. The van der Waals surface area contributed by atoms with E-state index in [-0.39, 0.29) is 18.1 Å². The van der Waals surface area contributed by atoms with Crippen molar-refractivity contribution in [3.63, 3.8) is 0 Å². The number of rotatable bonds is 3. The number of pyridine rings is 1. The molecule has 2 aromatic heterocycles. The fraction of sp³-hybridized carbons (Fsp3) is 0.211. The molecule has 3 aromatic rings. The molecule has 0 fully saturated rings. The SMILES string of the molecule is CCN1C(n2nc(Cc3ccccc3F)c3ncc(F)cc32)=NC(N)=[C]C1N. The Labute approximate surface area is 160 Å². The molecule has 0 amide bonds. The first kappa shape index (κ1) is 18.1. The van der Waals surface area contributed by atoms with Gasteiger partial charge in [-0.15, -0.1) is 0 Å². The second-order valence-electron chi connectivity index (χ2n) is 6.32. The summed E-state index contributed by atoms with van der Waals surface area (Å²) in [7, 11) is 0. The van der Waals surface area contributed by atoms with Gasteiger partial charge in [-0.1, -0.05) is 18.2 Å². The molecule has 28 heavy (non-hydrogen) atoms. The number of hydrogen-bond acceptors (Lipinski definition) is 6. The summed E-state index contributed by atoms with van der Waals surface area (Å²) in [6.45, 7) is 2.40. The van der Waals surface area contributed by atoms with Gasteiger partial charge in [-0.05, 0) is 18.6 Å². The van der Waals surface area contributed by atoms with Gasteiger partial charge in [-0.25, -0.2) is 13.8 Å². The van der Waals surface area contributed by atoms with Crippen LogP contribution in [0.1, 0.15) is 18.2 Å². The Balaban J connectivity index is 1.89. The highest BCUT2D eigenvalue weighted by Crippen LogP contribution is 2.23. The Morgan fingerprint density at radius 3 is 2.79 bits per heavy atom. The lowest BCUT2D eigenvalue weighted by Gasteiger charge is -2.31. The molecule has 143 valence electrons. The number of nitrogens with two attached hydrogens (primary N) is 2. The minimum atomic E-state index is -0.617. The van der Waals surface area contributed by atoms with Crippen LogP contribution in [-0.2, 0) is 6.42 Å². The highest BCUT2D eigenvalue weighted by atomic mass is 19.1. The molecule has 0 saturated heterocycles. The second kappa shape index (κ2) is 7.01. The van der Waals surface area contributed by atoms with E-state index in [9.17, 15) is 8.78 Å². The van der Waals surface area contributed by atoms with Gasteiger partial charge in [0.2, 0.25) is 5.96 Å². The van der Waals surface area contributed by atoms with E-state index in [4.69, 9.17) is 11.5 Å². The zero-order valence-electron chi connectivity index (χ0n) is 15.1. The lowest BCUT2D eigenvalue weighted by Crippen LogP contribution is -2.50.